The summed E-state index contributed by atoms with van der Waals surface area (Å²) >= 11 is 12.4. The maximum atomic E-state index is 12.0. The number of rotatable bonds is 4. The van der Waals surface area contributed by atoms with E-state index in [0.717, 1.165) is 0 Å². The van der Waals surface area contributed by atoms with Gasteiger partial charge in [-0.1, -0.05) is 23.2 Å². The summed E-state index contributed by atoms with van der Waals surface area (Å²) in [5.74, 6) is -0.436. The van der Waals surface area contributed by atoms with Crippen molar-refractivity contribution in [2.75, 3.05) is 18.5 Å². The lowest BCUT2D eigenvalue weighted by atomic mass is 10.1. The summed E-state index contributed by atoms with van der Waals surface area (Å²) < 4.78 is 5.04. The second kappa shape index (κ2) is 6.29. The van der Waals surface area contributed by atoms with Crippen molar-refractivity contribution in [3.05, 3.63) is 33.9 Å². The third-order valence-electron chi connectivity index (χ3n) is 2.77. The van der Waals surface area contributed by atoms with E-state index in [-0.39, 0.29) is 0 Å². The van der Waals surface area contributed by atoms with Crippen molar-refractivity contribution in [3.63, 3.8) is 0 Å². The minimum atomic E-state index is -0.436. The fourth-order valence-electron chi connectivity index (χ4n) is 1.96. The van der Waals surface area contributed by atoms with Crippen molar-refractivity contribution in [1.29, 1.82) is 0 Å². The Balaban J connectivity index is 2.74. The molecule has 0 aliphatic rings. The van der Waals surface area contributed by atoms with E-state index < -0.39 is 5.97 Å². The second-order valence-electron chi connectivity index (χ2n) is 4.05. The molecule has 106 valence electrons. The van der Waals surface area contributed by atoms with Crippen molar-refractivity contribution in [1.82, 2.24) is 4.98 Å². The predicted octanol–water partition coefficient (Wildman–Crippen LogP) is 4.15. The summed E-state index contributed by atoms with van der Waals surface area (Å²) in [7, 11) is 0. The van der Waals surface area contributed by atoms with Gasteiger partial charge in [0.15, 0.2) is 0 Å². The fourth-order valence-corrected chi connectivity index (χ4v) is 2.41. The molecule has 0 aliphatic heterocycles. The molecule has 1 aromatic carbocycles. The second-order valence-corrected chi connectivity index (χ2v) is 4.86. The highest BCUT2D eigenvalue weighted by Gasteiger charge is 2.19. The number of carbonyl (C=O) groups excluding carboxylic acids is 1. The molecule has 0 bridgehead atoms. The molecule has 2 rings (SSSR count). The van der Waals surface area contributed by atoms with E-state index in [0.29, 0.717) is 45.4 Å². The molecule has 0 radical (unpaired) electrons. The van der Waals surface area contributed by atoms with Gasteiger partial charge in [-0.15, -0.1) is 0 Å². The van der Waals surface area contributed by atoms with Gasteiger partial charge in [0.25, 0.3) is 0 Å². The van der Waals surface area contributed by atoms with Crippen LogP contribution in [-0.2, 0) is 4.74 Å². The van der Waals surface area contributed by atoms with Gasteiger partial charge in [0.05, 0.1) is 27.9 Å². The van der Waals surface area contributed by atoms with Gasteiger partial charge in [-0.2, -0.15) is 0 Å². The maximum Gasteiger partial charge on any atom is 0.341 e. The number of esters is 1. The highest BCUT2D eigenvalue weighted by atomic mass is 35.5. The van der Waals surface area contributed by atoms with Crippen LogP contribution in [-0.4, -0.2) is 24.1 Å². The molecule has 1 heterocycles. The molecule has 0 amide bonds. The van der Waals surface area contributed by atoms with Crippen LogP contribution in [0.25, 0.3) is 10.9 Å². The van der Waals surface area contributed by atoms with Crippen molar-refractivity contribution in [2.45, 2.75) is 13.8 Å². The summed E-state index contributed by atoms with van der Waals surface area (Å²) in [5.41, 5.74) is 1.51. The van der Waals surface area contributed by atoms with E-state index in [2.05, 4.69) is 10.3 Å². The first-order valence-corrected chi connectivity index (χ1v) is 7.03. The Hall–Kier alpha value is -1.52. The first kappa shape index (κ1) is 14.9. The molecular weight excluding hydrogens is 299 g/mol. The molecule has 0 atom stereocenters. The number of anilines is 1. The molecule has 20 heavy (non-hydrogen) atoms. The number of ether oxygens (including phenoxy) is 1. The zero-order chi connectivity index (χ0) is 14.7. The Morgan fingerprint density at radius 3 is 2.65 bits per heavy atom. The van der Waals surface area contributed by atoms with Gasteiger partial charge in [-0.3, -0.25) is 4.98 Å². The standard InChI is InChI=1S/C14H14Cl2N2O2/c1-3-17-12-8(14(19)20-4-2)7-18-13-10(16)6-5-9(15)11(12)13/h5-7H,3-4H2,1-2H3,(H,17,18). The molecule has 0 saturated heterocycles. The summed E-state index contributed by atoms with van der Waals surface area (Å²) in [6, 6.07) is 3.36. The number of hydrogen-bond acceptors (Lipinski definition) is 4. The fraction of sp³-hybridized carbons (Fsp3) is 0.286. The van der Waals surface area contributed by atoms with Crippen LogP contribution in [0.15, 0.2) is 18.3 Å². The number of hydrogen-bond donors (Lipinski definition) is 1. The number of nitrogens with zero attached hydrogens (tertiary/aromatic N) is 1. The molecule has 0 unspecified atom stereocenters. The molecule has 1 aromatic heterocycles. The quantitative estimate of drug-likeness (QED) is 0.862. The van der Waals surface area contributed by atoms with E-state index >= 15 is 0 Å². The molecular formula is C14H14Cl2N2O2. The SMILES string of the molecule is CCNc1c(C(=O)OCC)cnc2c(Cl)ccc(Cl)c12. The molecule has 0 aliphatic carbocycles. The van der Waals surface area contributed by atoms with E-state index in [9.17, 15) is 4.79 Å². The first-order chi connectivity index (χ1) is 9.60. The molecule has 6 heteroatoms. The van der Waals surface area contributed by atoms with Gasteiger partial charge >= 0.3 is 5.97 Å². The van der Waals surface area contributed by atoms with Crippen LogP contribution in [0, 0.1) is 0 Å². The number of pyridine rings is 1. The number of carbonyl (C=O) groups is 1. The number of aromatic nitrogens is 1. The lowest BCUT2D eigenvalue weighted by Gasteiger charge is -2.14. The topological polar surface area (TPSA) is 51.2 Å². The number of fused-ring (bicyclic) bond motifs is 1. The third-order valence-corrected chi connectivity index (χ3v) is 3.39. The van der Waals surface area contributed by atoms with Crippen molar-refractivity contribution in [3.8, 4) is 0 Å². The first-order valence-electron chi connectivity index (χ1n) is 6.27. The van der Waals surface area contributed by atoms with Crippen molar-refractivity contribution in [2.24, 2.45) is 0 Å². The van der Waals surface area contributed by atoms with Crippen LogP contribution in [0.1, 0.15) is 24.2 Å². The van der Waals surface area contributed by atoms with E-state index in [1.54, 1.807) is 19.1 Å². The van der Waals surface area contributed by atoms with Gasteiger partial charge in [0.2, 0.25) is 0 Å². The lowest BCUT2D eigenvalue weighted by Crippen LogP contribution is -2.11. The van der Waals surface area contributed by atoms with Gasteiger partial charge < -0.3 is 10.1 Å². The Morgan fingerprint density at radius 2 is 2.00 bits per heavy atom. The molecule has 0 saturated carbocycles. The maximum absolute atomic E-state index is 12.0. The molecule has 2 aromatic rings. The van der Waals surface area contributed by atoms with Gasteiger partial charge in [0.1, 0.15) is 5.56 Å². The normalized spacial score (nSPS) is 10.6. The number of halogens is 2. The minimum Gasteiger partial charge on any atom is -0.462 e. The molecule has 4 nitrogen and oxygen atoms in total. The molecule has 0 fully saturated rings. The van der Waals surface area contributed by atoms with Gasteiger partial charge in [-0.05, 0) is 26.0 Å². The summed E-state index contributed by atoms with van der Waals surface area (Å²) in [6.07, 6.45) is 1.46. The zero-order valence-electron chi connectivity index (χ0n) is 11.2. The van der Waals surface area contributed by atoms with Crippen LogP contribution < -0.4 is 5.32 Å². The third kappa shape index (κ3) is 2.67. The highest BCUT2D eigenvalue weighted by Crippen LogP contribution is 2.35. The minimum absolute atomic E-state index is 0.297. The zero-order valence-corrected chi connectivity index (χ0v) is 12.7. The van der Waals surface area contributed by atoms with Crippen LogP contribution in [0.5, 0.6) is 0 Å². The Bertz CT molecular complexity index is 659. The smallest absolute Gasteiger partial charge is 0.341 e. The predicted molar refractivity (Wildman–Crippen MR) is 81.9 cm³/mol. The summed E-state index contributed by atoms with van der Waals surface area (Å²) in [4.78, 5) is 16.2. The lowest BCUT2D eigenvalue weighted by molar-refractivity contribution is 0.0527. The van der Waals surface area contributed by atoms with Crippen LogP contribution >= 0.6 is 23.2 Å². The van der Waals surface area contributed by atoms with Gasteiger partial charge in [0, 0.05) is 18.1 Å². The Labute approximate surface area is 127 Å². The van der Waals surface area contributed by atoms with Crippen LogP contribution in [0.3, 0.4) is 0 Å². The average Bonchev–Trinajstić information content (AvgIpc) is 2.43. The van der Waals surface area contributed by atoms with Crippen LogP contribution in [0.2, 0.25) is 10.0 Å². The van der Waals surface area contributed by atoms with Crippen LogP contribution in [0.4, 0.5) is 5.69 Å². The van der Waals surface area contributed by atoms with E-state index in [1.165, 1.54) is 6.20 Å². The summed E-state index contributed by atoms with van der Waals surface area (Å²) in [5, 5.41) is 4.74. The number of nitrogens with one attached hydrogen (secondary N) is 1. The molecule has 0 spiro atoms. The Morgan fingerprint density at radius 1 is 1.30 bits per heavy atom. The molecule has 1 N–H and O–H groups in total. The van der Waals surface area contributed by atoms with Gasteiger partial charge in [-0.25, -0.2) is 4.79 Å². The summed E-state index contributed by atoms with van der Waals surface area (Å²) in [6.45, 7) is 4.61. The number of benzene rings is 1. The van der Waals surface area contributed by atoms with E-state index in [1.807, 2.05) is 6.92 Å². The largest absolute Gasteiger partial charge is 0.462 e. The monoisotopic (exact) mass is 312 g/mol. The Kier molecular flexibility index (Phi) is 4.68. The van der Waals surface area contributed by atoms with Crippen molar-refractivity contribution >= 4 is 45.8 Å². The highest BCUT2D eigenvalue weighted by molar-refractivity contribution is 6.41. The average molecular weight is 313 g/mol. The van der Waals surface area contributed by atoms with Crippen molar-refractivity contribution < 1.29 is 9.53 Å². The van der Waals surface area contributed by atoms with E-state index in [4.69, 9.17) is 27.9 Å².